The fourth-order valence-electron chi connectivity index (χ4n) is 1.34. The van der Waals surface area contributed by atoms with Crippen LogP contribution in [-0.2, 0) is 0 Å². The van der Waals surface area contributed by atoms with Gasteiger partial charge in [0, 0.05) is 19.1 Å². The molecule has 0 aliphatic carbocycles. The number of halogens is 2. The van der Waals surface area contributed by atoms with Crippen molar-refractivity contribution in [1.82, 2.24) is 10.0 Å². The van der Waals surface area contributed by atoms with E-state index in [-0.39, 0.29) is 12.4 Å². The van der Waals surface area contributed by atoms with Gasteiger partial charge in [0.2, 0.25) is 0 Å². The minimum atomic E-state index is 0. The lowest BCUT2D eigenvalue weighted by Gasteiger charge is -2.45. The van der Waals surface area contributed by atoms with Gasteiger partial charge in [0.1, 0.15) is 0 Å². The highest BCUT2D eigenvalue weighted by atomic mass is 35.5. The lowest BCUT2D eigenvalue weighted by atomic mass is 10.1. The number of nitrogens with zero attached hydrogens (tertiary/aromatic N) is 2. The van der Waals surface area contributed by atoms with Crippen LogP contribution in [0, 0.1) is 0 Å². The average Bonchev–Trinajstić information content (AvgIpc) is 1.57. The maximum atomic E-state index is 12.1. The van der Waals surface area contributed by atoms with Crippen LogP contribution >= 0.6 is 12.4 Å². The van der Waals surface area contributed by atoms with E-state index in [0.29, 0.717) is 19.1 Å². The average molecular weight is 167 g/mol. The van der Waals surface area contributed by atoms with Gasteiger partial charge >= 0.3 is 0 Å². The molecule has 0 aromatic rings. The molecular weight excluding hydrogens is 155 g/mol. The summed E-state index contributed by atoms with van der Waals surface area (Å²) >= 11 is 0. The van der Waals surface area contributed by atoms with Gasteiger partial charge in [-0.1, -0.05) is 0 Å². The molecule has 0 saturated carbocycles. The van der Waals surface area contributed by atoms with E-state index in [2.05, 4.69) is 4.90 Å². The van der Waals surface area contributed by atoms with Crippen LogP contribution in [0.3, 0.4) is 0 Å². The first-order valence-electron chi connectivity index (χ1n) is 3.51. The third kappa shape index (κ3) is 1.26. The van der Waals surface area contributed by atoms with Gasteiger partial charge in [-0.05, 0) is 19.5 Å². The first kappa shape index (κ1) is 8.24. The van der Waals surface area contributed by atoms with Crippen molar-refractivity contribution in [3.05, 3.63) is 0 Å². The lowest BCUT2D eigenvalue weighted by Crippen LogP contribution is -2.60. The Morgan fingerprint density at radius 3 is 2.10 bits per heavy atom. The van der Waals surface area contributed by atoms with E-state index in [1.807, 2.05) is 0 Å². The van der Waals surface area contributed by atoms with E-state index >= 15 is 0 Å². The standard InChI is InChI=1S/C6H11FN2.ClH/c7-9-4-6(5-9)8-2-1-3-8;/h6H,1-5H2;1H. The highest BCUT2D eigenvalue weighted by Crippen LogP contribution is 2.19. The molecule has 0 N–H and O–H groups in total. The quantitative estimate of drug-likeness (QED) is 0.529. The number of hydrogen-bond acceptors (Lipinski definition) is 2. The predicted octanol–water partition coefficient (Wildman–Crippen LogP) is 0.683. The van der Waals surface area contributed by atoms with Gasteiger partial charge in [-0.15, -0.1) is 22.0 Å². The normalized spacial score (nSPS) is 28.5. The second-order valence-corrected chi connectivity index (χ2v) is 2.87. The first-order chi connectivity index (χ1) is 4.36. The topological polar surface area (TPSA) is 6.48 Å². The minimum Gasteiger partial charge on any atom is -0.298 e. The Hall–Kier alpha value is 0.140. The summed E-state index contributed by atoms with van der Waals surface area (Å²) in [5.74, 6) is 0. The smallest absolute Gasteiger partial charge is 0.0460 e. The van der Waals surface area contributed by atoms with Gasteiger partial charge in [-0.3, -0.25) is 4.90 Å². The van der Waals surface area contributed by atoms with Crippen molar-refractivity contribution >= 4 is 12.4 Å². The molecule has 0 spiro atoms. The van der Waals surface area contributed by atoms with Crippen LogP contribution in [0.15, 0.2) is 0 Å². The molecule has 10 heavy (non-hydrogen) atoms. The van der Waals surface area contributed by atoms with Crippen LogP contribution in [0.4, 0.5) is 4.48 Å². The maximum Gasteiger partial charge on any atom is 0.0460 e. The minimum absolute atomic E-state index is 0. The van der Waals surface area contributed by atoms with E-state index in [1.165, 1.54) is 19.5 Å². The van der Waals surface area contributed by atoms with Crippen molar-refractivity contribution in [2.24, 2.45) is 0 Å². The second-order valence-electron chi connectivity index (χ2n) is 2.87. The van der Waals surface area contributed by atoms with E-state index in [0.717, 1.165) is 5.12 Å². The summed E-state index contributed by atoms with van der Waals surface area (Å²) in [5, 5.41) is 0.878. The van der Waals surface area contributed by atoms with E-state index < -0.39 is 0 Å². The monoisotopic (exact) mass is 166 g/mol. The van der Waals surface area contributed by atoms with Gasteiger partial charge in [0.15, 0.2) is 0 Å². The molecule has 2 saturated heterocycles. The predicted molar refractivity (Wildman–Crippen MR) is 39.9 cm³/mol. The molecule has 0 atom stereocenters. The van der Waals surface area contributed by atoms with Crippen molar-refractivity contribution in [3.63, 3.8) is 0 Å². The number of hydrogen-bond donors (Lipinski definition) is 0. The molecule has 2 aliphatic rings. The zero-order valence-electron chi connectivity index (χ0n) is 5.79. The second kappa shape index (κ2) is 3.03. The fourth-order valence-corrected chi connectivity index (χ4v) is 1.34. The van der Waals surface area contributed by atoms with Crippen LogP contribution in [0.25, 0.3) is 0 Å². The molecule has 2 aliphatic heterocycles. The Bertz CT molecular complexity index is 112. The zero-order valence-corrected chi connectivity index (χ0v) is 6.61. The highest BCUT2D eigenvalue weighted by Gasteiger charge is 2.34. The Labute approximate surface area is 66.3 Å². The first-order valence-corrected chi connectivity index (χ1v) is 3.51. The Morgan fingerprint density at radius 1 is 1.20 bits per heavy atom. The van der Waals surface area contributed by atoms with E-state index in [9.17, 15) is 4.48 Å². The molecule has 0 amide bonds. The molecule has 0 bridgehead atoms. The molecule has 0 aromatic carbocycles. The van der Waals surface area contributed by atoms with Gasteiger partial charge < -0.3 is 0 Å². The van der Waals surface area contributed by atoms with Crippen LogP contribution in [0.1, 0.15) is 6.42 Å². The summed E-state index contributed by atoms with van der Waals surface area (Å²) in [4.78, 5) is 2.34. The van der Waals surface area contributed by atoms with Crippen molar-refractivity contribution in [2.75, 3.05) is 26.2 Å². The molecule has 2 rings (SSSR count). The Morgan fingerprint density at radius 2 is 1.80 bits per heavy atom. The van der Waals surface area contributed by atoms with E-state index in [4.69, 9.17) is 0 Å². The van der Waals surface area contributed by atoms with Crippen LogP contribution < -0.4 is 0 Å². The lowest BCUT2D eigenvalue weighted by molar-refractivity contribution is -0.109. The summed E-state index contributed by atoms with van der Waals surface area (Å²) in [6.07, 6.45) is 1.31. The van der Waals surface area contributed by atoms with Gasteiger partial charge in [0.05, 0.1) is 0 Å². The molecular formula is C6H12ClFN2. The van der Waals surface area contributed by atoms with E-state index in [1.54, 1.807) is 0 Å². The zero-order chi connectivity index (χ0) is 6.27. The summed E-state index contributed by atoms with van der Waals surface area (Å²) in [5.41, 5.74) is 0. The number of rotatable bonds is 1. The molecule has 2 fully saturated rings. The molecule has 2 nitrogen and oxygen atoms in total. The van der Waals surface area contributed by atoms with Crippen LogP contribution in [0.2, 0.25) is 0 Å². The molecule has 0 aromatic heterocycles. The summed E-state index contributed by atoms with van der Waals surface area (Å²) in [7, 11) is 0. The Balaban J connectivity index is 0.000000500. The summed E-state index contributed by atoms with van der Waals surface area (Å²) < 4.78 is 12.1. The maximum absolute atomic E-state index is 12.1. The molecule has 0 unspecified atom stereocenters. The Kier molecular flexibility index (Phi) is 2.50. The van der Waals surface area contributed by atoms with Crippen molar-refractivity contribution in [2.45, 2.75) is 12.5 Å². The van der Waals surface area contributed by atoms with Gasteiger partial charge in [-0.25, -0.2) is 0 Å². The highest BCUT2D eigenvalue weighted by molar-refractivity contribution is 5.85. The third-order valence-corrected chi connectivity index (χ3v) is 2.22. The van der Waals surface area contributed by atoms with Crippen molar-refractivity contribution in [3.8, 4) is 0 Å². The molecule has 2 heterocycles. The number of likely N-dealkylation sites (tertiary alicyclic amines) is 1. The van der Waals surface area contributed by atoms with Crippen LogP contribution in [-0.4, -0.2) is 42.2 Å². The van der Waals surface area contributed by atoms with Gasteiger partial charge in [-0.2, -0.15) is 0 Å². The largest absolute Gasteiger partial charge is 0.298 e. The van der Waals surface area contributed by atoms with Crippen molar-refractivity contribution in [1.29, 1.82) is 0 Å². The van der Waals surface area contributed by atoms with Crippen molar-refractivity contribution < 1.29 is 4.48 Å². The molecule has 4 heteroatoms. The third-order valence-electron chi connectivity index (χ3n) is 2.22. The van der Waals surface area contributed by atoms with Crippen LogP contribution in [0.5, 0.6) is 0 Å². The molecule has 0 radical (unpaired) electrons. The summed E-state index contributed by atoms with van der Waals surface area (Å²) in [6.45, 7) is 3.66. The molecule has 60 valence electrons. The summed E-state index contributed by atoms with van der Waals surface area (Å²) in [6, 6.07) is 0.545. The SMILES string of the molecule is Cl.FN1CC(N2CCC2)C1. The van der Waals surface area contributed by atoms with Gasteiger partial charge in [0.25, 0.3) is 0 Å². The fraction of sp³-hybridized carbons (Fsp3) is 1.00.